The lowest BCUT2D eigenvalue weighted by Gasteiger charge is -2.04. The molecule has 0 aliphatic carbocycles. The molecule has 0 saturated carbocycles. The third kappa shape index (κ3) is 4.80. The number of benzene rings is 3. The number of hydrogen-bond donors (Lipinski definition) is 2. The first-order valence-corrected chi connectivity index (χ1v) is 10.3. The lowest BCUT2D eigenvalue weighted by Crippen LogP contribution is -2.19. The summed E-state index contributed by atoms with van der Waals surface area (Å²) in [7, 11) is 0. The van der Waals surface area contributed by atoms with Crippen LogP contribution in [0.4, 0.5) is 0 Å². The van der Waals surface area contributed by atoms with Crippen LogP contribution < -0.4 is 10.2 Å². The van der Waals surface area contributed by atoms with Crippen LogP contribution in [0.3, 0.4) is 0 Å². The van der Waals surface area contributed by atoms with Crippen molar-refractivity contribution in [3.8, 4) is 17.0 Å². The van der Waals surface area contributed by atoms with Crippen molar-refractivity contribution in [2.24, 2.45) is 5.10 Å². The van der Waals surface area contributed by atoms with Gasteiger partial charge in [-0.2, -0.15) is 10.2 Å². The maximum atomic E-state index is 12.5. The molecule has 31 heavy (non-hydrogen) atoms. The molecule has 0 fully saturated rings. The predicted octanol–water partition coefficient (Wildman–Crippen LogP) is 5.17. The highest BCUT2D eigenvalue weighted by Gasteiger charge is 2.11. The van der Waals surface area contributed by atoms with Crippen LogP contribution >= 0.6 is 0 Å². The number of fused-ring (bicyclic) bond motifs is 1. The second-order valence-electron chi connectivity index (χ2n) is 7.24. The molecule has 4 rings (SSSR count). The molecular formula is C25H24N4O2. The number of nitrogens with zero attached hydrogens (tertiary/aromatic N) is 2. The van der Waals surface area contributed by atoms with E-state index in [9.17, 15) is 4.79 Å². The van der Waals surface area contributed by atoms with E-state index >= 15 is 0 Å². The number of hydrazone groups is 1. The fourth-order valence-electron chi connectivity index (χ4n) is 3.20. The lowest BCUT2D eigenvalue weighted by molar-refractivity contribution is 0.0950. The quantitative estimate of drug-likeness (QED) is 0.324. The van der Waals surface area contributed by atoms with E-state index in [1.54, 1.807) is 6.07 Å². The highest BCUT2D eigenvalue weighted by molar-refractivity contribution is 6.03. The molecule has 1 aromatic heterocycles. The van der Waals surface area contributed by atoms with E-state index < -0.39 is 0 Å². The van der Waals surface area contributed by atoms with Gasteiger partial charge in [0.15, 0.2) is 0 Å². The number of aromatic nitrogens is 2. The topological polar surface area (TPSA) is 79.4 Å². The van der Waals surface area contributed by atoms with Crippen LogP contribution in [0.25, 0.3) is 22.0 Å². The Kier molecular flexibility index (Phi) is 6.08. The maximum Gasteiger partial charge on any atom is 0.289 e. The molecule has 4 aromatic rings. The third-order valence-electron chi connectivity index (χ3n) is 4.94. The van der Waals surface area contributed by atoms with Crippen LogP contribution in [-0.4, -0.2) is 28.4 Å². The molecule has 0 aliphatic heterocycles. The largest absolute Gasteiger partial charge is 0.494 e. The van der Waals surface area contributed by atoms with Gasteiger partial charge in [0.25, 0.3) is 5.91 Å². The predicted molar refractivity (Wildman–Crippen MR) is 123 cm³/mol. The van der Waals surface area contributed by atoms with Crippen LogP contribution in [0.1, 0.15) is 36.3 Å². The molecular weight excluding hydrogens is 388 g/mol. The van der Waals surface area contributed by atoms with Crippen molar-refractivity contribution in [2.75, 3.05) is 6.61 Å². The summed E-state index contributed by atoms with van der Waals surface area (Å²) in [6.07, 6.45) is 0.961. The number of amides is 1. The van der Waals surface area contributed by atoms with Gasteiger partial charge in [0.05, 0.1) is 18.0 Å². The summed E-state index contributed by atoms with van der Waals surface area (Å²) in [6, 6.07) is 23.6. The van der Waals surface area contributed by atoms with Gasteiger partial charge in [0.1, 0.15) is 11.4 Å². The number of nitrogens with one attached hydrogen (secondary N) is 2. The molecule has 0 radical (unpaired) electrons. The molecule has 6 heteroatoms. The minimum absolute atomic E-state index is 0.344. The Morgan fingerprint density at radius 2 is 1.81 bits per heavy atom. The van der Waals surface area contributed by atoms with Crippen molar-refractivity contribution < 1.29 is 9.53 Å². The van der Waals surface area contributed by atoms with E-state index in [-0.39, 0.29) is 5.91 Å². The van der Waals surface area contributed by atoms with E-state index in [2.05, 4.69) is 45.8 Å². The number of rotatable bonds is 7. The zero-order valence-corrected chi connectivity index (χ0v) is 17.6. The molecule has 1 heterocycles. The van der Waals surface area contributed by atoms with Crippen molar-refractivity contribution in [3.63, 3.8) is 0 Å². The molecule has 0 atom stereocenters. The highest BCUT2D eigenvalue weighted by atomic mass is 16.5. The van der Waals surface area contributed by atoms with Crippen LogP contribution in [0.2, 0.25) is 0 Å². The summed E-state index contributed by atoms with van der Waals surface area (Å²) < 4.78 is 5.60. The summed E-state index contributed by atoms with van der Waals surface area (Å²) in [6.45, 7) is 4.62. The summed E-state index contributed by atoms with van der Waals surface area (Å²) in [5.41, 5.74) is 6.20. The minimum atomic E-state index is -0.346. The smallest absolute Gasteiger partial charge is 0.289 e. The number of aromatic amines is 1. The van der Waals surface area contributed by atoms with Gasteiger partial charge >= 0.3 is 0 Å². The maximum absolute atomic E-state index is 12.5. The summed E-state index contributed by atoms with van der Waals surface area (Å²) in [4.78, 5) is 12.5. The Morgan fingerprint density at radius 3 is 2.58 bits per heavy atom. The molecule has 6 nitrogen and oxygen atoms in total. The van der Waals surface area contributed by atoms with E-state index in [4.69, 9.17) is 4.74 Å². The normalized spacial score (nSPS) is 11.5. The Morgan fingerprint density at radius 1 is 1.03 bits per heavy atom. The molecule has 0 aliphatic rings. The zero-order valence-electron chi connectivity index (χ0n) is 17.6. The molecule has 0 unspecified atom stereocenters. The van der Waals surface area contributed by atoms with Crippen molar-refractivity contribution >= 4 is 22.4 Å². The number of carbonyl (C=O) groups excluding carboxylic acids is 1. The molecule has 0 spiro atoms. The van der Waals surface area contributed by atoms with Crippen molar-refractivity contribution in [1.29, 1.82) is 0 Å². The van der Waals surface area contributed by atoms with Gasteiger partial charge in [-0.25, -0.2) is 5.43 Å². The van der Waals surface area contributed by atoms with Crippen molar-refractivity contribution in [1.82, 2.24) is 15.6 Å². The first-order valence-electron chi connectivity index (χ1n) is 10.3. The molecule has 0 saturated heterocycles. The van der Waals surface area contributed by atoms with Crippen LogP contribution in [0, 0.1) is 0 Å². The number of H-pyrrole nitrogens is 1. The Balaban J connectivity index is 1.43. The molecule has 0 bridgehead atoms. The van der Waals surface area contributed by atoms with Crippen molar-refractivity contribution in [3.05, 3.63) is 84.1 Å². The summed E-state index contributed by atoms with van der Waals surface area (Å²) in [5.74, 6) is 0.472. The Labute approximate surface area is 181 Å². The fraction of sp³-hybridized carbons (Fsp3) is 0.160. The second-order valence-corrected chi connectivity index (χ2v) is 7.24. The highest BCUT2D eigenvalue weighted by Crippen LogP contribution is 2.21. The molecule has 1 amide bonds. The van der Waals surface area contributed by atoms with Gasteiger partial charge in [0.2, 0.25) is 0 Å². The van der Waals surface area contributed by atoms with E-state index in [1.807, 2.05) is 55.5 Å². The third-order valence-corrected chi connectivity index (χ3v) is 4.94. The molecule has 156 valence electrons. The van der Waals surface area contributed by atoms with Gasteiger partial charge in [-0.3, -0.25) is 9.89 Å². The van der Waals surface area contributed by atoms with E-state index in [1.165, 1.54) is 0 Å². The number of ether oxygens (including phenoxy) is 1. The Bertz CT molecular complexity index is 1230. The summed E-state index contributed by atoms with van der Waals surface area (Å²) in [5, 5.41) is 13.6. The monoisotopic (exact) mass is 412 g/mol. The van der Waals surface area contributed by atoms with Gasteiger partial charge in [0, 0.05) is 5.56 Å². The average molecular weight is 412 g/mol. The zero-order chi connectivity index (χ0) is 21.6. The van der Waals surface area contributed by atoms with Crippen LogP contribution in [0.15, 0.2) is 77.9 Å². The average Bonchev–Trinajstić information content (AvgIpc) is 3.31. The fourth-order valence-corrected chi connectivity index (χ4v) is 3.20. The molecule has 2 N–H and O–H groups in total. The number of carbonyl (C=O) groups is 1. The van der Waals surface area contributed by atoms with Gasteiger partial charge in [-0.15, -0.1) is 0 Å². The van der Waals surface area contributed by atoms with E-state index in [0.717, 1.165) is 39.8 Å². The van der Waals surface area contributed by atoms with E-state index in [0.29, 0.717) is 18.0 Å². The van der Waals surface area contributed by atoms with Gasteiger partial charge < -0.3 is 4.74 Å². The van der Waals surface area contributed by atoms with Crippen molar-refractivity contribution in [2.45, 2.75) is 20.3 Å². The first kappa shape index (κ1) is 20.3. The number of hydrogen-bond acceptors (Lipinski definition) is 4. The van der Waals surface area contributed by atoms with Gasteiger partial charge in [-0.05, 0) is 66.1 Å². The molecule has 3 aromatic carbocycles. The Hall–Kier alpha value is -3.93. The second kappa shape index (κ2) is 9.26. The standard InChI is InChI=1S/C25H24N4O2/c1-3-14-31-22-12-10-19(11-13-22)23-16-24(28-27-23)25(30)29-26-17(2)20-9-8-18-6-4-5-7-21(18)15-20/h4-13,15-16H,3,14H2,1-2H3,(H,27,28)(H,29,30). The van der Waals surface area contributed by atoms with Crippen LogP contribution in [0.5, 0.6) is 5.75 Å². The van der Waals surface area contributed by atoms with Crippen LogP contribution in [-0.2, 0) is 0 Å². The SMILES string of the molecule is CCCOc1ccc(-c2cc(C(=O)NN=C(C)c3ccc4ccccc4c3)[nH]n2)cc1. The van der Waals surface area contributed by atoms with Gasteiger partial charge in [-0.1, -0.05) is 43.3 Å². The summed E-state index contributed by atoms with van der Waals surface area (Å²) >= 11 is 0. The minimum Gasteiger partial charge on any atom is -0.494 e. The first-order chi connectivity index (χ1) is 15.1. The lowest BCUT2D eigenvalue weighted by atomic mass is 10.0.